The molecule has 1 N–H and O–H groups in total. The third kappa shape index (κ3) is 7.14. The number of rotatable bonds is 8. The van der Waals surface area contributed by atoms with E-state index in [2.05, 4.69) is 26.8 Å². The van der Waals surface area contributed by atoms with Crippen LogP contribution in [0.4, 0.5) is 0 Å². The third-order valence-electron chi connectivity index (χ3n) is 2.75. The first-order valence-electron chi connectivity index (χ1n) is 6.01. The molecule has 0 amide bonds. The van der Waals surface area contributed by atoms with Crippen LogP contribution in [0.1, 0.15) is 59.3 Å². The van der Waals surface area contributed by atoms with Crippen LogP contribution in [0.25, 0.3) is 0 Å². The molecule has 84 valence electrons. The van der Waals surface area contributed by atoms with E-state index in [9.17, 15) is 0 Å². The maximum Gasteiger partial charge on any atom is 0.0462 e. The number of aliphatic hydroxyl groups excluding tert-OH is 1. The van der Waals surface area contributed by atoms with Gasteiger partial charge in [0.15, 0.2) is 0 Å². The van der Waals surface area contributed by atoms with Gasteiger partial charge in [-0.25, -0.2) is 0 Å². The molecule has 0 bridgehead atoms. The molecule has 0 radical (unpaired) electrons. The molecule has 0 rings (SSSR count). The highest BCUT2D eigenvalue weighted by Crippen LogP contribution is 2.15. The number of unbranched alkanes of at least 4 members (excludes halogenated alkanes) is 3. The fourth-order valence-electron chi connectivity index (χ4n) is 1.62. The molecule has 1 heteroatoms. The van der Waals surface area contributed by atoms with Gasteiger partial charge in [-0.15, -0.1) is 0 Å². The minimum Gasteiger partial charge on any atom is -0.396 e. The lowest BCUT2D eigenvalue weighted by molar-refractivity contribution is 0.222. The predicted molar refractivity (Wildman–Crippen MR) is 63.4 cm³/mol. The van der Waals surface area contributed by atoms with Crippen LogP contribution >= 0.6 is 0 Å². The van der Waals surface area contributed by atoms with E-state index in [1.54, 1.807) is 0 Å². The molecule has 0 aliphatic heterocycles. The second-order valence-electron chi connectivity index (χ2n) is 4.21. The SMILES string of the molecule is CCCCCC=C(C)CC(CC)CO. The van der Waals surface area contributed by atoms with Crippen LogP contribution in [0.3, 0.4) is 0 Å². The van der Waals surface area contributed by atoms with Crippen molar-refractivity contribution in [2.75, 3.05) is 6.61 Å². The zero-order valence-electron chi connectivity index (χ0n) is 10.1. The summed E-state index contributed by atoms with van der Waals surface area (Å²) in [6, 6.07) is 0. The summed E-state index contributed by atoms with van der Waals surface area (Å²) in [6.45, 7) is 6.89. The molecule has 1 unspecified atom stereocenters. The van der Waals surface area contributed by atoms with Gasteiger partial charge in [0.1, 0.15) is 0 Å². The standard InChI is InChI=1S/C13H26O/c1-4-6-7-8-9-12(3)10-13(5-2)11-14/h9,13-14H,4-8,10-11H2,1-3H3. The van der Waals surface area contributed by atoms with Crippen LogP contribution in [0.15, 0.2) is 11.6 Å². The molecule has 0 aromatic heterocycles. The van der Waals surface area contributed by atoms with Crippen molar-refractivity contribution >= 4 is 0 Å². The maximum absolute atomic E-state index is 9.06. The first-order valence-corrected chi connectivity index (χ1v) is 6.01. The number of hydrogen-bond donors (Lipinski definition) is 1. The Kier molecular flexibility index (Phi) is 9.06. The van der Waals surface area contributed by atoms with Crippen LogP contribution in [0, 0.1) is 5.92 Å². The summed E-state index contributed by atoms with van der Waals surface area (Å²) < 4.78 is 0. The van der Waals surface area contributed by atoms with Crippen molar-refractivity contribution in [3.63, 3.8) is 0 Å². The van der Waals surface area contributed by atoms with Crippen LogP contribution in [0.5, 0.6) is 0 Å². The highest BCUT2D eigenvalue weighted by Gasteiger charge is 2.04. The Morgan fingerprint density at radius 2 is 2.00 bits per heavy atom. The van der Waals surface area contributed by atoms with E-state index in [0.717, 1.165) is 12.8 Å². The van der Waals surface area contributed by atoms with Gasteiger partial charge in [0.05, 0.1) is 0 Å². The van der Waals surface area contributed by atoms with Gasteiger partial charge in [-0.05, 0) is 32.1 Å². The molecule has 0 spiro atoms. The minimum atomic E-state index is 0.330. The summed E-state index contributed by atoms with van der Waals surface area (Å²) >= 11 is 0. The van der Waals surface area contributed by atoms with Gasteiger partial charge in [0.2, 0.25) is 0 Å². The van der Waals surface area contributed by atoms with Crippen molar-refractivity contribution in [2.45, 2.75) is 59.3 Å². The first kappa shape index (κ1) is 13.7. The van der Waals surface area contributed by atoms with Crippen molar-refractivity contribution in [1.82, 2.24) is 0 Å². The lowest BCUT2D eigenvalue weighted by Crippen LogP contribution is -2.04. The Bertz CT molecular complexity index is 145. The second kappa shape index (κ2) is 9.26. The molecule has 1 nitrogen and oxygen atoms in total. The van der Waals surface area contributed by atoms with E-state index in [-0.39, 0.29) is 0 Å². The van der Waals surface area contributed by atoms with E-state index < -0.39 is 0 Å². The van der Waals surface area contributed by atoms with Crippen molar-refractivity contribution in [2.24, 2.45) is 5.92 Å². The highest BCUT2D eigenvalue weighted by atomic mass is 16.3. The van der Waals surface area contributed by atoms with E-state index in [4.69, 9.17) is 5.11 Å². The normalized spacial score (nSPS) is 14.4. The fourth-order valence-corrected chi connectivity index (χ4v) is 1.62. The van der Waals surface area contributed by atoms with Gasteiger partial charge in [-0.3, -0.25) is 0 Å². The molecular weight excluding hydrogens is 172 g/mol. The molecule has 0 aliphatic rings. The molecule has 0 aliphatic carbocycles. The average molecular weight is 198 g/mol. The lowest BCUT2D eigenvalue weighted by atomic mass is 9.97. The van der Waals surface area contributed by atoms with Crippen LogP contribution < -0.4 is 0 Å². The molecule has 14 heavy (non-hydrogen) atoms. The predicted octanol–water partition coefficient (Wildman–Crippen LogP) is 3.92. The van der Waals surface area contributed by atoms with Gasteiger partial charge in [0, 0.05) is 6.61 Å². The molecule has 0 aromatic carbocycles. The molecule has 0 fully saturated rings. The van der Waals surface area contributed by atoms with E-state index in [1.165, 1.54) is 31.3 Å². The van der Waals surface area contributed by atoms with Gasteiger partial charge >= 0.3 is 0 Å². The van der Waals surface area contributed by atoms with E-state index >= 15 is 0 Å². The first-order chi connectivity index (χ1) is 6.74. The van der Waals surface area contributed by atoms with Crippen LogP contribution in [-0.4, -0.2) is 11.7 Å². The Labute approximate surface area is 89.2 Å². The highest BCUT2D eigenvalue weighted by molar-refractivity contribution is 4.99. The lowest BCUT2D eigenvalue weighted by Gasteiger charge is -2.11. The van der Waals surface area contributed by atoms with Gasteiger partial charge < -0.3 is 5.11 Å². The zero-order chi connectivity index (χ0) is 10.8. The number of hydrogen-bond acceptors (Lipinski definition) is 1. The monoisotopic (exact) mass is 198 g/mol. The van der Waals surface area contributed by atoms with Crippen molar-refractivity contribution < 1.29 is 5.11 Å². The third-order valence-corrected chi connectivity index (χ3v) is 2.75. The summed E-state index contributed by atoms with van der Waals surface area (Å²) in [7, 11) is 0. The Morgan fingerprint density at radius 1 is 1.29 bits per heavy atom. The van der Waals surface area contributed by atoms with Gasteiger partial charge in [-0.2, -0.15) is 0 Å². The molecule has 1 atom stereocenters. The van der Waals surface area contributed by atoms with Crippen LogP contribution in [0.2, 0.25) is 0 Å². The largest absolute Gasteiger partial charge is 0.396 e. The molecule has 0 saturated carbocycles. The van der Waals surface area contributed by atoms with Gasteiger partial charge in [-0.1, -0.05) is 44.8 Å². The molecule has 0 saturated heterocycles. The Hall–Kier alpha value is -0.300. The average Bonchev–Trinajstić information content (AvgIpc) is 2.21. The number of aliphatic hydroxyl groups is 1. The van der Waals surface area contributed by atoms with Crippen molar-refractivity contribution in [3.8, 4) is 0 Å². The summed E-state index contributed by atoms with van der Waals surface area (Å²) in [4.78, 5) is 0. The fraction of sp³-hybridized carbons (Fsp3) is 0.846. The molecule has 0 aromatic rings. The summed E-state index contributed by atoms with van der Waals surface area (Å²) in [6.07, 6.45) is 9.64. The van der Waals surface area contributed by atoms with Crippen molar-refractivity contribution in [3.05, 3.63) is 11.6 Å². The van der Waals surface area contributed by atoms with E-state index in [1.807, 2.05) is 0 Å². The summed E-state index contributed by atoms with van der Waals surface area (Å²) in [5, 5.41) is 9.06. The van der Waals surface area contributed by atoms with E-state index in [0.29, 0.717) is 12.5 Å². The Morgan fingerprint density at radius 3 is 2.50 bits per heavy atom. The van der Waals surface area contributed by atoms with Crippen LogP contribution in [-0.2, 0) is 0 Å². The van der Waals surface area contributed by atoms with Crippen molar-refractivity contribution in [1.29, 1.82) is 0 Å². The summed E-state index contributed by atoms with van der Waals surface area (Å²) in [5.41, 5.74) is 1.45. The second-order valence-corrected chi connectivity index (χ2v) is 4.21. The maximum atomic E-state index is 9.06. The molecule has 0 heterocycles. The minimum absolute atomic E-state index is 0.330. The smallest absolute Gasteiger partial charge is 0.0462 e. The Balaban J connectivity index is 3.64. The zero-order valence-corrected chi connectivity index (χ0v) is 10.1. The quantitative estimate of drug-likeness (QED) is 0.463. The number of allylic oxidation sites excluding steroid dienone is 2. The van der Waals surface area contributed by atoms with Gasteiger partial charge in [0.25, 0.3) is 0 Å². The topological polar surface area (TPSA) is 20.2 Å². The summed E-state index contributed by atoms with van der Waals surface area (Å²) in [5.74, 6) is 0.470. The molecular formula is C13H26O.